The average molecular weight is 352 g/mol. The van der Waals surface area contributed by atoms with Gasteiger partial charge in [0.1, 0.15) is 23.2 Å². The Bertz CT molecular complexity index is 688. The van der Waals surface area contributed by atoms with Gasteiger partial charge in [-0.05, 0) is 49.9 Å². The van der Waals surface area contributed by atoms with E-state index in [-0.39, 0.29) is 24.0 Å². The van der Waals surface area contributed by atoms with Gasteiger partial charge in [0.25, 0.3) is 0 Å². The van der Waals surface area contributed by atoms with E-state index in [4.69, 9.17) is 4.74 Å². The first-order chi connectivity index (χ1) is 11.9. The number of rotatable bonds is 8. The molecular weight excluding hydrogens is 333 g/mol. The van der Waals surface area contributed by atoms with E-state index in [1.165, 1.54) is 12.1 Å². The molecule has 0 spiro atoms. The lowest BCUT2D eigenvalue weighted by Gasteiger charge is -2.16. The smallest absolute Gasteiger partial charge is 0.238 e. The van der Waals surface area contributed by atoms with Gasteiger partial charge in [-0.1, -0.05) is 0 Å². The molecule has 0 aliphatic rings. The van der Waals surface area contributed by atoms with Crippen LogP contribution in [0.2, 0.25) is 0 Å². The fourth-order valence-corrected chi connectivity index (χ4v) is 2.21. The summed E-state index contributed by atoms with van der Waals surface area (Å²) in [5.74, 6) is -1.61. The molecule has 0 saturated heterocycles. The second-order valence-corrected chi connectivity index (χ2v) is 5.60. The van der Waals surface area contributed by atoms with E-state index in [1.807, 2.05) is 0 Å². The number of carbonyl (C=O) groups is 1. The average Bonchev–Trinajstić information content (AvgIpc) is 2.52. The van der Waals surface area contributed by atoms with Crippen LogP contribution < -0.4 is 10.1 Å². The summed E-state index contributed by atoms with van der Waals surface area (Å²) in [4.78, 5) is 13.6. The van der Waals surface area contributed by atoms with Gasteiger partial charge in [-0.2, -0.15) is 0 Å². The predicted octanol–water partition coefficient (Wildman–Crippen LogP) is 3.44. The van der Waals surface area contributed by atoms with Gasteiger partial charge >= 0.3 is 0 Å². The van der Waals surface area contributed by atoms with Gasteiger partial charge in [0, 0.05) is 18.3 Å². The predicted molar refractivity (Wildman–Crippen MR) is 89.0 cm³/mol. The van der Waals surface area contributed by atoms with Gasteiger partial charge in [-0.3, -0.25) is 9.69 Å². The largest absolute Gasteiger partial charge is 0.494 e. The minimum absolute atomic E-state index is 0.0781. The number of anilines is 1. The molecule has 0 unspecified atom stereocenters. The van der Waals surface area contributed by atoms with E-state index in [0.29, 0.717) is 25.3 Å². The Morgan fingerprint density at radius 1 is 1.04 bits per heavy atom. The number of hydrogen-bond donors (Lipinski definition) is 1. The van der Waals surface area contributed by atoms with E-state index in [2.05, 4.69) is 5.32 Å². The molecule has 0 heterocycles. The fourth-order valence-electron chi connectivity index (χ4n) is 2.21. The molecule has 4 nitrogen and oxygen atoms in total. The van der Waals surface area contributed by atoms with E-state index >= 15 is 0 Å². The molecule has 0 aromatic heterocycles. The van der Waals surface area contributed by atoms with E-state index < -0.39 is 11.6 Å². The maximum absolute atomic E-state index is 13.1. The molecule has 0 fully saturated rings. The van der Waals surface area contributed by atoms with Crippen molar-refractivity contribution in [2.24, 2.45) is 0 Å². The summed E-state index contributed by atoms with van der Waals surface area (Å²) in [5.41, 5.74) is 0.0792. The van der Waals surface area contributed by atoms with Crippen molar-refractivity contribution in [2.45, 2.75) is 6.42 Å². The minimum Gasteiger partial charge on any atom is -0.494 e. The van der Waals surface area contributed by atoms with E-state index in [0.717, 1.165) is 18.2 Å². The molecule has 7 heteroatoms. The van der Waals surface area contributed by atoms with Crippen LogP contribution in [-0.2, 0) is 4.79 Å². The molecule has 2 aromatic carbocycles. The summed E-state index contributed by atoms with van der Waals surface area (Å²) in [7, 11) is 1.75. The molecule has 1 amide bonds. The highest BCUT2D eigenvalue weighted by molar-refractivity contribution is 5.92. The second-order valence-electron chi connectivity index (χ2n) is 5.60. The van der Waals surface area contributed by atoms with Crippen LogP contribution in [0, 0.1) is 17.5 Å². The lowest BCUT2D eigenvalue weighted by molar-refractivity contribution is -0.117. The number of likely N-dealkylation sites (N-methyl/N-ethyl adjacent to an activating group) is 1. The van der Waals surface area contributed by atoms with Crippen LogP contribution in [0.25, 0.3) is 0 Å². The topological polar surface area (TPSA) is 41.6 Å². The lowest BCUT2D eigenvalue weighted by Crippen LogP contribution is -2.31. The van der Waals surface area contributed by atoms with Crippen molar-refractivity contribution in [1.82, 2.24) is 4.90 Å². The molecular formula is C18H19F3N2O2. The quantitative estimate of drug-likeness (QED) is 0.740. The summed E-state index contributed by atoms with van der Waals surface area (Å²) in [6, 6.07) is 8.58. The number of nitrogens with zero attached hydrogens (tertiary/aromatic N) is 1. The van der Waals surface area contributed by atoms with Crippen molar-refractivity contribution in [3.05, 3.63) is 59.9 Å². The monoisotopic (exact) mass is 352 g/mol. The van der Waals surface area contributed by atoms with E-state index in [9.17, 15) is 18.0 Å². The zero-order valence-corrected chi connectivity index (χ0v) is 13.8. The van der Waals surface area contributed by atoms with Crippen molar-refractivity contribution in [2.75, 3.05) is 32.1 Å². The van der Waals surface area contributed by atoms with Crippen molar-refractivity contribution in [3.63, 3.8) is 0 Å². The normalized spacial score (nSPS) is 10.8. The molecule has 0 bridgehead atoms. The number of benzene rings is 2. The third-order valence-electron chi connectivity index (χ3n) is 3.33. The maximum Gasteiger partial charge on any atom is 0.238 e. The summed E-state index contributed by atoms with van der Waals surface area (Å²) < 4.78 is 44.4. The van der Waals surface area contributed by atoms with Gasteiger partial charge in [-0.25, -0.2) is 13.2 Å². The van der Waals surface area contributed by atoms with Crippen LogP contribution in [-0.4, -0.2) is 37.6 Å². The molecule has 0 aliphatic carbocycles. The highest BCUT2D eigenvalue weighted by Gasteiger charge is 2.08. The van der Waals surface area contributed by atoms with Gasteiger partial charge in [-0.15, -0.1) is 0 Å². The van der Waals surface area contributed by atoms with Crippen LogP contribution in [0.4, 0.5) is 18.9 Å². The summed E-state index contributed by atoms with van der Waals surface area (Å²) in [6.07, 6.45) is 0.662. The van der Waals surface area contributed by atoms with Crippen molar-refractivity contribution in [3.8, 4) is 5.75 Å². The number of amides is 1. The van der Waals surface area contributed by atoms with Crippen molar-refractivity contribution in [1.29, 1.82) is 0 Å². The molecule has 1 N–H and O–H groups in total. The molecule has 134 valence electrons. The molecule has 0 saturated carbocycles. The second kappa shape index (κ2) is 9.08. The highest BCUT2D eigenvalue weighted by atomic mass is 19.1. The number of carbonyl (C=O) groups excluding carboxylic acids is 1. The minimum atomic E-state index is -0.749. The Morgan fingerprint density at radius 3 is 2.32 bits per heavy atom. The molecule has 0 radical (unpaired) electrons. The molecule has 0 aliphatic heterocycles. The van der Waals surface area contributed by atoms with Crippen molar-refractivity contribution >= 4 is 11.6 Å². The Balaban J connectivity index is 1.67. The third kappa shape index (κ3) is 6.84. The fraction of sp³-hybridized carbons (Fsp3) is 0.278. The number of halogens is 3. The third-order valence-corrected chi connectivity index (χ3v) is 3.33. The lowest BCUT2D eigenvalue weighted by atomic mass is 10.3. The number of nitrogens with one attached hydrogen (secondary N) is 1. The van der Waals surface area contributed by atoms with Crippen LogP contribution >= 0.6 is 0 Å². The van der Waals surface area contributed by atoms with Crippen LogP contribution in [0.3, 0.4) is 0 Å². The number of hydrogen-bond acceptors (Lipinski definition) is 3. The van der Waals surface area contributed by atoms with Gasteiger partial charge in [0.05, 0.1) is 13.2 Å². The molecule has 2 aromatic rings. The molecule has 0 atom stereocenters. The zero-order valence-electron chi connectivity index (χ0n) is 13.8. The summed E-state index contributed by atoms with van der Waals surface area (Å²) in [5, 5.41) is 2.45. The number of ether oxygens (including phenoxy) is 1. The van der Waals surface area contributed by atoms with Gasteiger partial charge < -0.3 is 10.1 Å². The Kier molecular flexibility index (Phi) is 6.82. The summed E-state index contributed by atoms with van der Waals surface area (Å²) in [6.45, 7) is 1.09. The van der Waals surface area contributed by atoms with Gasteiger partial charge in [0.15, 0.2) is 0 Å². The first-order valence-electron chi connectivity index (χ1n) is 7.75. The van der Waals surface area contributed by atoms with E-state index in [1.54, 1.807) is 24.1 Å². The highest BCUT2D eigenvalue weighted by Crippen LogP contribution is 2.13. The first-order valence-corrected chi connectivity index (χ1v) is 7.75. The SMILES string of the molecule is CN(CCCOc1ccc(F)cc1)CC(=O)Nc1cc(F)cc(F)c1. The van der Waals surface area contributed by atoms with Crippen LogP contribution in [0.5, 0.6) is 5.75 Å². The Labute approximate surface area is 144 Å². The zero-order chi connectivity index (χ0) is 18.2. The van der Waals surface area contributed by atoms with Crippen molar-refractivity contribution < 1.29 is 22.7 Å². The maximum atomic E-state index is 13.1. The van der Waals surface area contributed by atoms with Crippen LogP contribution in [0.1, 0.15) is 6.42 Å². The standard InChI is InChI=1S/C18H19F3N2O2/c1-23(7-2-8-25-17-5-3-13(19)4-6-17)12-18(24)22-16-10-14(20)9-15(21)11-16/h3-6,9-11H,2,7-8,12H2,1H3,(H,22,24). The van der Waals surface area contributed by atoms with Gasteiger partial charge in [0.2, 0.25) is 5.91 Å². The molecule has 25 heavy (non-hydrogen) atoms. The van der Waals surface area contributed by atoms with Crippen LogP contribution in [0.15, 0.2) is 42.5 Å². The Morgan fingerprint density at radius 2 is 1.68 bits per heavy atom. The summed E-state index contributed by atoms with van der Waals surface area (Å²) >= 11 is 0. The Hall–Kier alpha value is -2.54. The molecule has 2 rings (SSSR count). The first kappa shape index (κ1) is 18.8.